The van der Waals surface area contributed by atoms with Crippen LogP contribution in [0.2, 0.25) is 0 Å². The molecular formula is C35H29N3O5S. The van der Waals surface area contributed by atoms with Crippen LogP contribution >= 0.6 is 11.3 Å². The van der Waals surface area contributed by atoms with E-state index in [-0.39, 0.29) is 25.4 Å². The second-order valence-corrected chi connectivity index (χ2v) is 11.3. The van der Waals surface area contributed by atoms with Crippen LogP contribution < -0.4 is 10.6 Å². The third kappa shape index (κ3) is 6.38. The van der Waals surface area contributed by atoms with E-state index in [0.29, 0.717) is 5.69 Å². The summed E-state index contributed by atoms with van der Waals surface area (Å²) >= 11 is 1.55. The fourth-order valence-corrected chi connectivity index (χ4v) is 6.23. The van der Waals surface area contributed by atoms with Gasteiger partial charge in [-0.1, -0.05) is 91.0 Å². The van der Waals surface area contributed by atoms with Crippen molar-refractivity contribution in [2.75, 3.05) is 11.9 Å². The normalized spacial score (nSPS) is 12.5. The van der Waals surface area contributed by atoms with Gasteiger partial charge in [-0.15, -0.1) is 11.3 Å². The molecule has 0 fully saturated rings. The number of fused-ring (bicyclic) bond motifs is 3. The van der Waals surface area contributed by atoms with Crippen LogP contribution in [0.15, 0.2) is 109 Å². The van der Waals surface area contributed by atoms with E-state index < -0.39 is 24.0 Å². The Kier molecular flexibility index (Phi) is 8.47. The van der Waals surface area contributed by atoms with Crippen molar-refractivity contribution >= 4 is 35.0 Å². The lowest BCUT2D eigenvalue weighted by Gasteiger charge is -2.19. The number of carbonyl (C=O) groups excluding carboxylic acids is 2. The molecule has 0 spiro atoms. The van der Waals surface area contributed by atoms with Gasteiger partial charge in [-0.2, -0.15) is 0 Å². The Morgan fingerprint density at radius 3 is 2.11 bits per heavy atom. The van der Waals surface area contributed by atoms with E-state index in [1.807, 2.05) is 96.4 Å². The number of ether oxygens (including phenoxy) is 1. The number of aliphatic carboxylic acids is 1. The maximum absolute atomic E-state index is 13.2. The average molecular weight is 604 g/mol. The van der Waals surface area contributed by atoms with Crippen LogP contribution in [0.5, 0.6) is 0 Å². The Morgan fingerprint density at radius 2 is 1.45 bits per heavy atom. The first kappa shape index (κ1) is 28.8. The smallest absolute Gasteiger partial charge is 0.407 e. The molecule has 1 aliphatic carbocycles. The summed E-state index contributed by atoms with van der Waals surface area (Å²) in [5, 5.41) is 17.5. The highest BCUT2D eigenvalue weighted by Crippen LogP contribution is 2.44. The number of amides is 2. The lowest BCUT2D eigenvalue weighted by molar-refractivity contribution is -0.137. The van der Waals surface area contributed by atoms with Crippen LogP contribution in [0.4, 0.5) is 10.5 Å². The summed E-state index contributed by atoms with van der Waals surface area (Å²) in [6.07, 6.45) is -1.18. The first-order valence-corrected chi connectivity index (χ1v) is 15.1. The monoisotopic (exact) mass is 603 g/mol. The van der Waals surface area contributed by atoms with Crippen molar-refractivity contribution in [3.8, 4) is 33.0 Å². The van der Waals surface area contributed by atoms with Crippen molar-refractivity contribution in [3.63, 3.8) is 0 Å². The summed E-state index contributed by atoms with van der Waals surface area (Å²) in [5.41, 5.74) is 7.61. The van der Waals surface area contributed by atoms with Gasteiger partial charge in [0.05, 0.1) is 5.69 Å². The molecule has 0 bridgehead atoms. The molecule has 1 heterocycles. The van der Waals surface area contributed by atoms with Crippen molar-refractivity contribution in [2.24, 2.45) is 0 Å². The van der Waals surface area contributed by atoms with Crippen LogP contribution in [-0.2, 0) is 14.3 Å². The number of rotatable bonds is 10. The van der Waals surface area contributed by atoms with Gasteiger partial charge in [-0.05, 0) is 40.8 Å². The van der Waals surface area contributed by atoms with E-state index in [9.17, 15) is 19.5 Å². The summed E-state index contributed by atoms with van der Waals surface area (Å²) < 4.78 is 5.59. The lowest BCUT2D eigenvalue weighted by atomic mass is 9.98. The molecule has 9 heteroatoms. The van der Waals surface area contributed by atoms with E-state index in [1.54, 1.807) is 23.5 Å². The van der Waals surface area contributed by atoms with Gasteiger partial charge in [0.15, 0.2) is 0 Å². The van der Waals surface area contributed by atoms with Gasteiger partial charge >= 0.3 is 12.1 Å². The number of thiazole rings is 1. The molecular weight excluding hydrogens is 574 g/mol. The molecule has 220 valence electrons. The van der Waals surface area contributed by atoms with Crippen molar-refractivity contribution < 1.29 is 24.2 Å². The van der Waals surface area contributed by atoms with Gasteiger partial charge in [0.25, 0.3) is 0 Å². The summed E-state index contributed by atoms with van der Waals surface area (Å²) in [6.45, 7) is 0.0806. The standard InChI is InChI=1S/C35H29N3O5S/c39-32(40)19-18-30(38-35(42)43-20-29-27-12-6-4-10-25(27)26-11-5-7-13-28(26)29)33(41)36-24-16-14-22(15-17-24)31-21-44-34(37-31)23-8-2-1-3-9-23/h1-17,21,29-30H,18-20H2,(H,36,41)(H,38,42)(H,39,40)/t30-/m0/s1. The van der Waals surface area contributed by atoms with Gasteiger partial charge in [0, 0.05) is 34.5 Å². The first-order valence-electron chi connectivity index (χ1n) is 14.2. The Balaban J connectivity index is 1.09. The fraction of sp³-hybridized carbons (Fsp3) is 0.143. The third-order valence-corrected chi connectivity index (χ3v) is 8.46. The molecule has 6 rings (SSSR count). The average Bonchev–Trinajstić information content (AvgIpc) is 3.66. The number of alkyl carbamates (subject to hydrolysis) is 1. The number of aromatic nitrogens is 1. The third-order valence-electron chi connectivity index (χ3n) is 7.57. The SMILES string of the molecule is O=C(O)CC[C@H](NC(=O)OCC1c2ccccc2-c2ccccc21)C(=O)Nc1ccc(-c2csc(-c3ccccc3)n2)cc1. The number of hydrogen-bond acceptors (Lipinski definition) is 6. The van der Waals surface area contributed by atoms with Crippen LogP contribution in [0.1, 0.15) is 29.9 Å². The predicted molar refractivity (Wildman–Crippen MR) is 170 cm³/mol. The number of carbonyl (C=O) groups is 3. The number of nitrogens with one attached hydrogen (secondary N) is 2. The zero-order valence-electron chi connectivity index (χ0n) is 23.6. The number of carboxylic acid groups (broad SMARTS) is 1. The van der Waals surface area contributed by atoms with Crippen molar-refractivity contribution in [3.05, 3.63) is 120 Å². The van der Waals surface area contributed by atoms with Crippen molar-refractivity contribution in [2.45, 2.75) is 24.8 Å². The van der Waals surface area contributed by atoms with Crippen LogP contribution in [0.3, 0.4) is 0 Å². The molecule has 1 aliphatic rings. The second-order valence-electron chi connectivity index (χ2n) is 10.4. The highest BCUT2D eigenvalue weighted by molar-refractivity contribution is 7.13. The molecule has 1 atom stereocenters. The molecule has 0 aliphatic heterocycles. The zero-order chi connectivity index (χ0) is 30.5. The van der Waals surface area contributed by atoms with Gasteiger partial charge in [-0.3, -0.25) is 9.59 Å². The number of hydrogen-bond donors (Lipinski definition) is 3. The minimum Gasteiger partial charge on any atom is -0.481 e. The molecule has 0 unspecified atom stereocenters. The van der Waals surface area contributed by atoms with E-state index >= 15 is 0 Å². The zero-order valence-corrected chi connectivity index (χ0v) is 24.4. The maximum atomic E-state index is 13.2. The highest BCUT2D eigenvalue weighted by atomic mass is 32.1. The summed E-state index contributed by atoms with van der Waals surface area (Å²) in [5.74, 6) is -1.74. The van der Waals surface area contributed by atoms with Gasteiger partial charge in [-0.25, -0.2) is 9.78 Å². The Hall–Kier alpha value is -5.28. The molecule has 0 saturated carbocycles. The predicted octanol–water partition coefficient (Wildman–Crippen LogP) is 7.19. The van der Waals surface area contributed by atoms with E-state index in [2.05, 4.69) is 10.6 Å². The van der Waals surface area contributed by atoms with Crippen molar-refractivity contribution in [1.29, 1.82) is 0 Å². The lowest BCUT2D eigenvalue weighted by Crippen LogP contribution is -2.44. The molecule has 44 heavy (non-hydrogen) atoms. The maximum Gasteiger partial charge on any atom is 0.407 e. The van der Waals surface area contributed by atoms with Gasteiger partial charge in [0.1, 0.15) is 17.7 Å². The fourth-order valence-electron chi connectivity index (χ4n) is 5.39. The molecule has 0 radical (unpaired) electrons. The van der Waals surface area contributed by atoms with Gasteiger partial charge < -0.3 is 20.5 Å². The van der Waals surface area contributed by atoms with E-state index in [4.69, 9.17) is 9.72 Å². The molecule has 0 saturated heterocycles. The number of nitrogens with zero attached hydrogens (tertiary/aromatic N) is 1. The highest BCUT2D eigenvalue weighted by Gasteiger charge is 2.30. The van der Waals surface area contributed by atoms with Gasteiger partial charge in [0.2, 0.25) is 5.91 Å². The topological polar surface area (TPSA) is 118 Å². The quantitative estimate of drug-likeness (QED) is 0.156. The summed E-state index contributed by atoms with van der Waals surface area (Å²) in [7, 11) is 0. The second kappa shape index (κ2) is 12.9. The number of anilines is 1. The Labute approximate surface area is 258 Å². The largest absolute Gasteiger partial charge is 0.481 e. The first-order chi connectivity index (χ1) is 21.5. The Bertz CT molecular complexity index is 1760. The molecule has 5 aromatic rings. The van der Waals surface area contributed by atoms with E-state index in [1.165, 1.54) is 0 Å². The molecule has 2 amide bonds. The van der Waals surface area contributed by atoms with Crippen LogP contribution in [0.25, 0.3) is 33.0 Å². The molecule has 1 aromatic heterocycles. The van der Waals surface area contributed by atoms with Crippen LogP contribution in [-0.4, -0.2) is 40.7 Å². The van der Waals surface area contributed by atoms with E-state index in [0.717, 1.165) is 44.1 Å². The summed E-state index contributed by atoms with van der Waals surface area (Å²) in [4.78, 5) is 42.1. The molecule has 8 nitrogen and oxygen atoms in total. The van der Waals surface area contributed by atoms with Crippen LogP contribution in [0, 0.1) is 0 Å². The molecule has 3 N–H and O–H groups in total. The minimum atomic E-state index is -1.10. The summed E-state index contributed by atoms with van der Waals surface area (Å²) in [6, 6.07) is 32.0. The number of benzene rings is 4. The molecule has 4 aromatic carbocycles. The van der Waals surface area contributed by atoms with Crippen molar-refractivity contribution in [1.82, 2.24) is 10.3 Å². The Morgan fingerprint density at radius 1 is 0.818 bits per heavy atom. The number of carboxylic acids is 1. The minimum absolute atomic E-state index is 0.0806.